The number of amides is 1. The highest BCUT2D eigenvalue weighted by Crippen LogP contribution is 2.41. The molecule has 1 amide bonds. The quantitative estimate of drug-likeness (QED) is 0.606. The molecule has 0 bridgehead atoms. The van der Waals surface area contributed by atoms with Crippen LogP contribution in [0.15, 0.2) is 52.0 Å². The Morgan fingerprint density at radius 3 is 2.90 bits per heavy atom. The van der Waals surface area contributed by atoms with E-state index in [-0.39, 0.29) is 23.4 Å². The molecule has 0 aromatic carbocycles. The molecule has 8 nitrogen and oxygen atoms in total. The van der Waals surface area contributed by atoms with Gasteiger partial charge in [0, 0.05) is 24.9 Å². The topological polar surface area (TPSA) is 94.1 Å². The van der Waals surface area contributed by atoms with Crippen molar-refractivity contribution in [1.82, 2.24) is 14.3 Å². The average Bonchev–Trinajstić information content (AvgIpc) is 3.36. The van der Waals surface area contributed by atoms with Crippen molar-refractivity contribution in [3.8, 4) is 0 Å². The molecular formula is C20H19N3O5S. The average molecular weight is 413 g/mol. The lowest BCUT2D eigenvalue weighted by Crippen LogP contribution is -2.42. The van der Waals surface area contributed by atoms with Gasteiger partial charge in [0.25, 0.3) is 5.56 Å². The van der Waals surface area contributed by atoms with Crippen LogP contribution in [-0.4, -0.2) is 38.0 Å². The number of aryl methyl sites for hydroxylation is 1. The maximum absolute atomic E-state index is 12.7. The molecule has 4 heterocycles. The molecule has 0 N–H and O–H groups in total. The van der Waals surface area contributed by atoms with Crippen LogP contribution in [0.4, 0.5) is 0 Å². The number of hydrogen-bond acceptors (Lipinski definition) is 7. The number of carbonyl (C=O) groups excluding carboxylic acids is 2. The van der Waals surface area contributed by atoms with E-state index in [4.69, 9.17) is 9.15 Å². The van der Waals surface area contributed by atoms with Gasteiger partial charge in [-0.3, -0.25) is 14.0 Å². The first-order chi connectivity index (χ1) is 13.9. The smallest absolute Gasteiger partial charge is 0.330 e. The van der Waals surface area contributed by atoms with Crippen LogP contribution in [-0.2, 0) is 20.9 Å². The highest BCUT2D eigenvalue weighted by molar-refractivity contribution is 7.99. The standard InChI is InChI=1S/C20H19N3O5S/c1-12-5-6-17-21-14(8-18(25)22(17)9-12)10-28-20(26)15-11-29-19(23(15)13(2)24)16-4-3-7-27-16/h3-9,15,19H,10-11H2,1-2H3/t15-,19+/m1/s1. The Bertz CT molecular complexity index is 1120. The Labute approximate surface area is 170 Å². The zero-order valence-corrected chi connectivity index (χ0v) is 16.7. The molecule has 0 saturated carbocycles. The summed E-state index contributed by atoms with van der Waals surface area (Å²) in [5.41, 5.74) is 1.53. The summed E-state index contributed by atoms with van der Waals surface area (Å²) in [5, 5.41) is -0.369. The molecule has 9 heteroatoms. The summed E-state index contributed by atoms with van der Waals surface area (Å²) in [6.07, 6.45) is 3.24. The number of furan rings is 1. The first-order valence-electron chi connectivity index (χ1n) is 9.03. The van der Waals surface area contributed by atoms with Gasteiger partial charge in [-0.25, -0.2) is 9.78 Å². The number of pyridine rings is 1. The zero-order chi connectivity index (χ0) is 20.5. The van der Waals surface area contributed by atoms with Crippen molar-refractivity contribution in [1.29, 1.82) is 0 Å². The van der Waals surface area contributed by atoms with Crippen molar-refractivity contribution in [2.75, 3.05) is 5.75 Å². The predicted octanol–water partition coefficient (Wildman–Crippen LogP) is 2.30. The molecule has 0 spiro atoms. The van der Waals surface area contributed by atoms with E-state index in [1.165, 1.54) is 40.3 Å². The van der Waals surface area contributed by atoms with Crippen molar-refractivity contribution in [3.05, 3.63) is 70.2 Å². The minimum absolute atomic E-state index is 0.142. The minimum Gasteiger partial charge on any atom is -0.466 e. The number of nitrogens with zero attached hydrogens (tertiary/aromatic N) is 3. The molecule has 0 unspecified atom stereocenters. The van der Waals surface area contributed by atoms with Crippen LogP contribution in [0.5, 0.6) is 0 Å². The third-order valence-corrected chi connectivity index (χ3v) is 5.93. The summed E-state index contributed by atoms with van der Waals surface area (Å²) >= 11 is 1.44. The third-order valence-electron chi connectivity index (χ3n) is 4.65. The fraction of sp³-hybridized carbons (Fsp3) is 0.300. The van der Waals surface area contributed by atoms with Gasteiger partial charge in [-0.1, -0.05) is 6.07 Å². The van der Waals surface area contributed by atoms with Gasteiger partial charge in [-0.15, -0.1) is 11.8 Å². The second kappa shape index (κ2) is 7.75. The van der Waals surface area contributed by atoms with Crippen LogP contribution in [0.25, 0.3) is 5.65 Å². The summed E-state index contributed by atoms with van der Waals surface area (Å²) in [6.45, 7) is 3.16. The lowest BCUT2D eigenvalue weighted by atomic mass is 10.2. The van der Waals surface area contributed by atoms with E-state index >= 15 is 0 Å². The number of fused-ring (bicyclic) bond motifs is 1. The molecule has 2 atom stereocenters. The first kappa shape index (κ1) is 19.3. The number of esters is 1. The molecular weight excluding hydrogens is 394 g/mol. The van der Waals surface area contributed by atoms with Crippen molar-refractivity contribution >= 4 is 29.3 Å². The zero-order valence-electron chi connectivity index (χ0n) is 15.9. The van der Waals surface area contributed by atoms with Crippen molar-refractivity contribution in [3.63, 3.8) is 0 Å². The molecule has 3 aromatic rings. The number of rotatable bonds is 4. The Morgan fingerprint density at radius 2 is 2.17 bits per heavy atom. The number of aromatic nitrogens is 2. The largest absolute Gasteiger partial charge is 0.466 e. The third kappa shape index (κ3) is 3.77. The van der Waals surface area contributed by atoms with Crippen molar-refractivity contribution < 1.29 is 18.7 Å². The maximum Gasteiger partial charge on any atom is 0.330 e. The lowest BCUT2D eigenvalue weighted by molar-refractivity contribution is -0.154. The van der Waals surface area contributed by atoms with E-state index in [1.807, 2.05) is 13.0 Å². The van der Waals surface area contributed by atoms with Crippen molar-refractivity contribution in [2.45, 2.75) is 31.9 Å². The van der Waals surface area contributed by atoms with Gasteiger partial charge in [0.1, 0.15) is 29.4 Å². The van der Waals surface area contributed by atoms with E-state index in [9.17, 15) is 14.4 Å². The second-order valence-electron chi connectivity index (χ2n) is 6.77. The van der Waals surface area contributed by atoms with Gasteiger partial charge in [0.15, 0.2) is 0 Å². The summed E-state index contributed by atoms with van der Waals surface area (Å²) in [5.74, 6) is 0.236. The predicted molar refractivity (Wildman–Crippen MR) is 106 cm³/mol. The van der Waals surface area contributed by atoms with E-state index in [0.29, 0.717) is 22.9 Å². The monoisotopic (exact) mass is 413 g/mol. The van der Waals surface area contributed by atoms with E-state index in [2.05, 4.69) is 4.98 Å². The molecule has 0 aliphatic carbocycles. The van der Waals surface area contributed by atoms with E-state index in [1.54, 1.807) is 24.4 Å². The van der Waals surface area contributed by atoms with Crippen LogP contribution in [0.3, 0.4) is 0 Å². The number of thioether (sulfide) groups is 1. The van der Waals surface area contributed by atoms with Crippen LogP contribution >= 0.6 is 11.8 Å². The molecule has 29 heavy (non-hydrogen) atoms. The van der Waals surface area contributed by atoms with E-state index < -0.39 is 12.0 Å². The van der Waals surface area contributed by atoms with Crippen molar-refractivity contribution in [2.24, 2.45) is 0 Å². The van der Waals surface area contributed by atoms with Gasteiger partial charge in [-0.2, -0.15) is 0 Å². The minimum atomic E-state index is -0.725. The maximum atomic E-state index is 12.7. The van der Waals surface area contributed by atoms with Crippen LogP contribution in [0.1, 0.15) is 29.3 Å². The van der Waals surface area contributed by atoms with Gasteiger partial charge in [-0.05, 0) is 30.7 Å². The Kier molecular flexibility index (Phi) is 5.14. The Morgan fingerprint density at radius 1 is 1.34 bits per heavy atom. The summed E-state index contributed by atoms with van der Waals surface area (Å²) in [6, 6.07) is 7.73. The van der Waals surface area contributed by atoms with Gasteiger partial charge in [0.2, 0.25) is 5.91 Å². The van der Waals surface area contributed by atoms with Gasteiger partial charge in [0.05, 0.1) is 12.0 Å². The second-order valence-corrected chi connectivity index (χ2v) is 7.88. The molecule has 1 fully saturated rings. The SMILES string of the molecule is CC(=O)N1[C@@H](C(=O)OCc2cc(=O)n3cc(C)ccc3n2)CS[C@H]1c1ccco1. The Balaban J connectivity index is 1.49. The Hall–Kier alpha value is -3.07. The lowest BCUT2D eigenvalue weighted by Gasteiger charge is -2.25. The molecule has 1 aliphatic rings. The number of hydrogen-bond donors (Lipinski definition) is 0. The van der Waals surface area contributed by atoms with Crippen LogP contribution in [0.2, 0.25) is 0 Å². The van der Waals surface area contributed by atoms with Gasteiger partial charge < -0.3 is 14.1 Å². The van der Waals surface area contributed by atoms with Crippen LogP contribution < -0.4 is 5.56 Å². The number of carbonyl (C=O) groups is 2. The highest BCUT2D eigenvalue weighted by atomic mass is 32.2. The summed E-state index contributed by atoms with van der Waals surface area (Å²) < 4.78 is 12.2. The molecule has 150 valence electrons. The fourth-order valence-electron chi connectivity index (χ4n) is 3.30. The normalized spacial score (nSPS) is 18.9. The first-order valence-corrected chi connectivity index (χ1v) is 10.1. The molecule has 4 rings (SSSR count). The number of ether oxygens (including phenoxy) is 1. The summed E-state index contributed by atoms with van der Waals surface area (Å²) in [4.78, 5) is 43.0. The van der Waals surface area contributed by atoms with Gasteiger partial charge >= 0.3 is 5.97 Å². The fourth-order valence-corrected chi connectivity index (χ4v) is 4.71. The molecule has 1 aliphatic heterocycles. The van der Waals surface area contributed by atoms with Crippen LogP contribution in [0, 0.1) is 6.92 Å². The highest BCUT2D eigenvalue weighted by Gasteiger charge is 2.43. The molecule has 3 aromatic heterocycles. The summed E-state index contributed by atoms with van der Waals surface area (Å²) in [7, 11) is 0. The molecule has 1 saturated heterocycles. The van der Waals surface area contributed by atoms with E-state index in [0.717, 1.165) is 5.56 Å². The molecule has 0 radical (unpaired) electrons.